The lowest BCUT2D eigenvalue weighted by Crippen LogP contribution is -2.03. The van der Waals surface area contributed by atoms with Gasteiger partial charge in [0, 0.05) is 0 Å². The van der Waals surface area contributed by atoms with Crippen LogP contribution in [0.2, 0.25) is 0 Å². The SMILES string of the molecule is CC/C(C)=C/c1cc(C2=Cc3c(C)cc(C)cc3CC2)cc(C)c1C. The molecule has 0 heterocycles. The molecule has 3 rings (SSSR count). The van der Waals surface area contributed by atoms with Crippen LogP contribution in [0.25, 0.3) is 17.7 Å². The van der Waals surface area contributed by atoms with Crippen LogP contribution in [-0.2, 0) is 6.42 Å². The van der Waals surface area contributed by atoms with E-state index in [4.69, 9.17) is 0 Å². The van der Waals surface area contributed by atoms with Gasteiger partial charge in [0.05, 0.1) is 0 Å². The van der Waals surface area contributed by atoms with Gasteiger partial charge in [-0.25, -0.2) is 0 Å². The summed E-state index contributed by atoms with van der Waals surface area (Å²) in [6, 6.07) is 9.42. The van der Waals surface area contributed by atoms with Crippen LogP contribution >= 0.6 is 0 Å². The van der Waals surface area contributed by atoms with Crippen LogP contribution in [0, 0.1) is 27.7 Å². The minimum Gasteiger partial charge on any atom is -0.0730 e. The van der Waals surface area contributed by atoms with Gasteiger partial charge in [0.15, 0.2) is 0 Å². The molecule has 130 valence electrons. The minimum absolute atomic E-state index is 1.11. The van der Waals surface area contributed by atoms with Gasteiger partial charge >= 0.3 is 0 Å². The summed E-state index contributed by atoms with van der Waals surface area (Å²) in [4.78, 5) is 0. The molecule has 0 spiro atoms. The third kappa shape index (κ3) is 3.63. The molecule has 1 aliphatic rings. The number of fused-ring (bicyclic) bond motifs is 1. The number of hydrogen-bond donors (Lipinski definition) is 0. The second kappa shape index (κ2) is 7.04. The summed E-state index contributed by atoms with van der Waals surface area (Å²) in [6.07, 6.45) is 8.18. The molecular formula is C25H30. The van der Waals surface area contributed by atoms with E-state index in [9.17, 15) is 0 Å². The maximum atomic E-state index is 2.43. The first kappa shape index (κ1) is 17.7. The van der Waals surface area contributed by atoms with Crippen LogP contribution in [0.4, 0.5) is 0 Å². The zero-order chi connectivity index (χ0) is 18.1. The van der Waals surface area contributed by atoms with Crippen molar-refractivity contribution < 1.29 is 0 Å². The highest BCUT2D eigenvalue weighted by atomic mass is 14.2. The Bertz CT molecular complexity index is 875. The molecule has 0 fully saturated rings. The van der Waals surface area contributed by atoms with Gasteiger partial charge in [0.25, 0.3) is 0 Å². The molecule has 25 heavy (non-hydrogen) atoms. The Balaban J connectivity index is 2.09. The summed E-state index contributed by atoms with van der Waals surface area (Å²) in [5, 5.41) is 0. The normalized spacial score (nSPS) is 14.3. The second-order valence-corrected chi connectivity index (χ2v) is 7.68. The summed E-state index contributed by atoms with van der Waals surface area (Å²) in [5.74, 6) is 0. The van der Waals surface area contributed by atoms with Gasteiger partial charge in [-0.05, 0) is 104 Å². The summed E-state index contributed by atoms with van der Waals surface area (Å²) < 4.78 is 0. The number of rotatable bonds is 3. The maximum absolute atomic E-state index is 2.43. The predicted molar refractivity (Wildman–Crippen MR) is 112 cm³/mol. The van der Waals surface area contributed by atoms with Crippen molar-refractivity contribution in [2.45, 2.75) is 60.8 Å². The van der Waals surface area contributed by atoms with E-state index in [1.54, 1.807) is 0 Å². The Morgan fingerprint density at radius 2 is 1.72 bits per heavy atom. The standard InChI is InChI=1S/C25H30/c1-7-16(2)11-23-14-24(13-18(4)20(23)6)21-8-9-22-12-17(3)10-19(5)25(22)15-21/h10-15H,7-9H2,1-6H3/b16-11+. The second-order valence-electron chi connectivity index (χ2n) is 7.68. The van der Waals surface area contributed by atoms with Crippen LogP contribution in [0.15, 0.2) is 29.8 Å². The van der Waals surface area contributed by atoms with E-state index in [0.29, 0.717) is 0 Å². The molecule has 0 saturated carbocycles. The van der Waals surface area contributed by atoms with E-state index >= 15 is 0 Å². The van der Waals surface area contributed by atoms with Crippen LogP contribution in [0.1, 0.15) is 71.2 Å². The average Bonchev–Trinajstić information content (AvgIpc) is 2.58. The van der Waals surface area contributed by atoms with E-state index in [2.05, 4.69) is 78.0 Å². The van der Waals surface area contributed by atoms with Gasteiger partial charge in [-0.15, -0.1) is 0 Å². The number of aryl methyl sites for hydroxylation is 4. The first-order valence-corrected chi connectivity index (χ1v) is 9.48. The zero-order valence-electron chi connectivity index (χ0n) is 16.6. The van der Waals surface area contributed by atoms with Crippen molar-refractivity contribution in [3.63, 3.8) is 0 Å². The topological polar surface area (TPSA) is 0 Å². The molecule has 0 heteroatoms. The van der Waals surface area contributed by atoms with E-state index in [0.717, 1.165) is 19.3 Å². The number of hydrogen-bond acceptors (Lipinski definition) is 0. The molecule has 2 aromatic rings. The largest absolute Gasteiger partial charge is 0.0730 e. The van der Waals surface area contributed by atoms with Crippen LogP contribution in [0.5, 0.6) is 0 Å². The molecule has 1 aliphatic carbocycles. The Morgan fingerprint density at radius 1 is 0.960 bits per heavy atom. The predicted octanol–water partition coefficient (Wildman–Crippen LogP) is 7.22. The van der Waals surface area contributed by atoms with E-state index in [-0.39, 0.29) is 0 Å². The van der Waals surface area contributed by atoms with Gasteiger partial charge in [-0.3, -0.25) is 0 Å². The highest BCUT2D eigenvalue weighted by molar-refractivity contribution is 5.86. The first-order valence-electron chi connectivity index (χ1n) is 9.48. The third-order valence-corrected chi connectivity index (χ3v) is 5.64. The third-order valence-electron chi connectivity index (χ3n) is 5.64. The molecule has 0 atom stereocenters. The summed E-state index contributed by atoms with van der Waals surface area (Å²) in [5.41, 5.74) is 14.2. The average molecular weight is 331 g/mol. The van der Waals surface area contributed by atoms with Gasteiger partial charge < -0.3 is 0 Å². The molecule has 0 saturated heterocycles. The molecule has 0 aromatic heterocycles. The molecule has 0 N–H and O–H groups in total. The summed E-state index contributed by atoms with van der Waals surface area (Å²) in [7, 11) is 0. The quantitative estimate of drug-likeness (QED) is 0.557. The maximum Gasteiger partial charge on any atom is -0.0192 e. The molecule has 0 radical (unpaired) electrons. The minimum atomic E-state index is 1.11. The van der Waals surface area contributed by atoms with Crippen molar-refractivity contribution in [1.82, 2.24) is 0 Å². The fourth-order valence-electron chi connectivity index (χ4n) is 3.81. The van der Waals surface area contributed by atoms with E-state index < -0.39 is 0 Å². The van der Waals surface area contributed by atoms with Gasteiger partial charge in [0.1, 0.15) is 0 Å². The van der Waals surface area contributed by atoms with Gasteiger partial charge in [0.2, 0.25) is 0 Å². The van der Waals surface area contributed by atoms with Crippen LogP contribution < -0.4 is 0 Å². The first-order chi connectivity index (χ1) is 11.9. The van der Waals surface area contributed by atoms with Crippen molar-refractivity contribution in [1.29, 1.82) is 0 Å². The molecule has 0 aliphatic heterocycles. The Hall–Kier alpha value is -2.08. The summed E-state index contributed by atoms with van der Waals surface area (Å²) in [6.45, 7) is 13.4. The fraction of sp³-hybridized carbons (Fsp3) is 0.360. The molecule has 0 nitrogen and oxygen atoms in total. The van der Waals surface area contributed by atoms with Gasteiger partial charge in [-0.2, -0.15) is 0 Å². The zero-order valence-corrected chi connectivity index (χ0v) is 16.6. The van der Waals surface area contributed by atoms with Crippen molar-refractivity contribution in [2.24, 2.45) is 0 Å². The van der Waals surface area contributed by atoms with Crippen molar-refractivity contribution in [3.8, 4) is 0 Å². The lowest BCUT2D eigenvalue weighted by Gasteiger charge is -2.21. The van der Waals surface area contributed by atoms with E-state index in [1.165, 1.54) is 55.7 Å². The fourth-order valence-corrected chi connectivity index (χ4v) is 3.81. The molecular weight excluding hydrogens is 300 g/mol. The van der Waals surface area contributed by atoms with Crippen molar-refractivity contribution >= 4 is 17.7 Å². The lowest BCUT2D eigenvalue weighted by atomic mass is 9.84. The Morgan fingerprint density at radius 3 is 2.44 bits per heavy atom. The number of benzene rings is 2. The summed E-state index contributed by atoms with van der Waals surface area (Å²) >= 11 is 0. The van der Waals surface area contributed by atoms with Crippen LogP contribution in [-0.4, -0.2) is 0 Å². The molecule has 0 unspecified atom stereocenters. The van der Waals surface area contributed by atoms with Crippen molar-refractivity contribution in [3.05, 3.63) is 74.3 Å². The molecule has 0 amide bonds. The number of allylic oxidation sites excluding steroid dienone is 2. The lowest BCUT2D eigenvalue weighted by molar-refractivity contribution is 0.991. The van der Waals surface area contributed by atoms with E-state index in [1.807, 2.05) is 0 Å². The smallest absolute Gasteiger partial charge is 0.0192 e. The van der Waals surface area contributed by atoms with Crippen LogP contribution in [0.3, 0.4) is 0 Å². The highest BCUT2D eigenvalue weighted by Gasteiger charge is 2.15. The molecule has 0 bridgehead atoms. The monoisotopic (exact) mass is 330 g/mol. The highest BCUT2D eigenvalue weighted by Crippen LogP contribution is 2.34. The Kier molecular flexibility index (Phi) is 4.99. The Labute approximate surface area is 153 Å². The molecule has 2 aromatic carbocycles. The van der Waals surface area contributed by atoms with Crippen molar-refractivity contribution in [2.75, 3.05) is 0 Å². The van der Waals surface area contributed by atoms with Gasteiger partial charge in [-0.1, -0.05) is 48.4 Å².